The Morgan fingerprint density at radius 1 is 1.13 bits per heavy atom. The lowest BCUT2D eigenvalue weighted by Gasteiger charge is -2.19. The highest BCUT2D eigenvalue weighted by molar-refractivity contribution is 8.18. The highest BCUT2D eigenvalue weighted by Crippen LogP contribution is 2.35. The van der Waals surface area contributed by atoms with Crippen LogP contribution in [0.3, 0.4) is 0 Å². The summed E-state index contributed by atoms with van der Waals surface area (Å²) in [4.78, 5) is 37.4. The number of hydrogen-bond acceptors (Lipinski definition) is 5. The molecule has 1 aliphatic heterocycles. The molecular formula is C23H21N3O4S. The number of nitro groups is 1. The SMILES string of the molecule is CCC(C)N1C(=O)S/C(=C/c2cn(Cc3ccc([N+](=O)[O-])cc3)c3ccccc23)C1=O. The topological polar surface area (TPSA) is 85.4 Å². The molecule has 31 heavy (non-hydrogen) atoms. The maximum atomic E-state index is 12.8. The fraction of sp³-hybridized carbons (Fsp3) is 0.217. The zero-order chi connectivity index (χ0) is 22.1. The quantitative estimate of drug-likeness (QED) is 0.293. The molecule has 1 fully saturated rings. The number of carbonyl (C=O) groups is 2. The highest BCUT2D eigenvalue weighted by Gasteiger charge is 2.37. The minimum absolute atomic E-state index is 0.0545. The molecule has 8 heteroatoms. The second kappa shape index (κ2) is 8.39. The second-order valence-corrected chi connectivity index (χ2v) is 8.46. The molecule has 1 aromatic heterocycles. The zero-order valence-corrected chi connectivity index (χ0v) is 18.0. The van der Waals surface area contributed by atoms with E-state index in [1.165, 1.54) is 17.0 Å². The van der Waals surface area contributed by atoms with E-state index >= 15 is 0 Å². The van der Waals surface area contributed by atoms with Gasteiger partial charge in [0.1, 0.15) is 0 Å². The zero-order valence-electron chi connectivity index (χ0n) is 17.1. The molecule has 0 aliphatic carbocycles. The maximum Gasteiger partial charge on any atom is 0.293 e. The van der Waals surface area contributed by atoms with Crippen LogP contribution in [0.4, 0.5) is 10.5 Å². The van der Waals surface area contributed by atoms with Crippen LogP contribution in [0.1, 0.15) is 31.4 Å². The summed E-state index contributed by atoms with van der Waals surface area (Å²) in [5.74, 6) is -0.253. The van der Waals surface area contributed by atoms with Crippen LogP contribution >= 0.6 is 11.8 Å². The van der Waals surface area contributed by atoms with E-state index in [4.69, 9.17) is 0 Å². The average molecular weight is 436 g/mol. The number of aromatic nitrogens is 1. The Labute approximate surface area is 183 Å². The number of para-hydroxylation sites is 1. The van der Waals surface area contributed by atoms with E-state index in [1.54, 1.807) is 18.2 Å². The molecule has 1 atom stereocenters. The van der Waals surface area contributed by atoms with Crippen molar-refractivity contribution in [3.8, 4) is 0 Å². The summed E-state index contributed by atoms with van der Waals surface area (Å²) in [6.45, 7) is 4.35. The minimum atomic E-state index is -0.417. The Kier molecular flexibility index (Phi) is 5.65. The van der Waals surface area contributed by atoms with Gasteiger partial charge in [0.25, 0.3) is 16.8 Å². The van der Waals surface area contributed by atoms with Crippen molar-refractivity contribution in [2.24, 2.45) is 0 Å². The van der Waals surface area contributed by atoms with Crippen molar-refractivity contribution in [1.82, 2.24) is 9.47 Å². The van der Waals surface area contributed by atoms with Crippen LogP contribution in [0.5, 0.6) is 0 Å². The smallest absolute Gasteiger partial charge is 0.293 e. The van der Waals surface area contributed by atoms with E-state index in [0.717, 1.165) is 33.8 Å². The molecule has 3 aromatic rings. The summed E-state index contributed by atoms with van der Waals surface area (Å²) in [5.41, 5.74) is 2.81. The molecule has 158 valence electrons. The van der Waals surface area contributed by atoms with Crippen LogP contribution < -0.4 is 0 Å². The molecule has 2 heterocycles. The molecule has 1 aliphatic rings. The lowest BCUT2D eigenvalue weighted by Crippen LogP contribution is -2.36. The van der Waals surface area contributed by atoms with Crippen molar-refractivity contribution >= 4 is 45.6 Å². The van der Waals surface area contributed by atoms with Crippen LogP contribution in [0.15, 0.2) is 59.6 Å². The predicted molar refractivity (Wildman–Crippen MR) is 122 cm³/mol. The average Bonchev–Trinajstić information content (AvgIpc) is 3.24. The van der Waals surface area contributed by atoms with Crippen molar-refractivity contribution in [2.45, 2.75) is 32.9 Å². The van der Waals surface area contributed by atoms with E-state index in [-0.39, 0.29) is 22.9 Å². The molecule has 2 aromatic carbocycles. The fourth-order valence-corrected chi connectivity index (χ4v) is 4.55. The van der Waals surface area contributed by atoms with Crippen molar-refractivity contribution in [2.75, 3.05) is 0 Å². The molecule has 0 spiro atoms. The number of fused-ring (bicyclic) bond motifs is 1. The number of thioether (sulfide) groups is 1. The number of imide groups is 1. The maximum absolute atomic E-state index is 12.8. The van der Waals surface area contributed by atoms with Gasteiger partial charge < -0.3 is 4.57 Å². The van der Waals surface area contributed by atoms with Gasteiger partial charge in [-0.15, -0.1) is 0 Å². The van der Waals surface area contributed by atoms with Gasteiger partial charge in [0.2, 0.25) is 0 Å². The van der Waals surface area contributed by atoms with Crippen molar-refractivity contribution in [3.05, 3.63) is 80.9 Å². The van der Waals surface area contributed by atoms with Crippen molar-refractivity contribution in [3.63, 3.8) is 0 Å². The highest BCUT2D eigenvalue weighted by atomic mass is 32.2. The van der Waals surface area contributed by atoms with E-state index in [1.807, 2.05) is 48.9 Å². The van der Waals surface area contributed by atoms with Crippen LogP contribution in [0, 0.1) is 10.1 Å². The van der Waals surface area contributed by atoms with Crippen LogP contribution in [-0.4, -0.2) is 31.6 Å². The van der Waals surface area contributed by atoms with E-state index in [9.17, 15) is 19.7 Å². The molecule has 7 nitrogen and oxygen atoms in total. The first-order valence-electron chi connectivity index (χ1n) is 9.97. The van der Waals surface area contributed by atoms with E-state index in [2.05, 4.69) is 0 Å². The Morgan fingerprint density at radius 2 is 1.84 bits per heavy atom. The molecular weight excluding hydrogens is 414 g/mol. The van der Waals surface area contributed by atoms with Crippen molar-refractivity contribution in [1.29, 1.82) is 0 Å². The van der Waals surface area contributed by atoms with Crippen LogP contribution in [-0.2, 0) is 11.3 Å². The third kappa shape index (κ3) is 3.98. The summed E-state index contributed by atoms with van der Waals surface area (Å²) >= 11 is 0.972. The van der Waals surface area contributed by atoms with E-state index in [0.29, 0.717) is 17.9 Å². The molecule has 1 saturated heterocycles. The Morgan fingerprint density at radius 3 is 2.52 bits per heavy atom. The largest absolute Gasteiger partial charge is 0.342 e. The predicted octanol–water partition coefficient (Wildman–Crippen LogP) is 5.43. The Hall–Kier alpha value is -3.39. The molecule has 0 bridgehead atoms. The normalized spacial score (nSPS) is 16.5. The lowest BCUT2D eigenvalue weighted by molar-refractivity contribution is -0.384. The number of rotatable bonds is 6. The monoisotopic (exact) mass is 435 g/mol. The van der Waals surface area contributed by atoms with Gasteiger partial charge in [0.15, 0.2) is 0 Å². The summed E-state index contributed by atoms with van der Waals surface area (Å²) < 4.78 is 2.04. The number of carbonyl (C=O) groups excluding carboxylic acids is 2. The van der Waals surface area contributed by atoms with Gasteiger partial charge in [0.05, 0.1) is 9.83 Å². The van der Waals surface area contributed by atoms with Gasteiger partial charge >= 0.3 is 0 Å². The van der Waals surface area contributed by atoms with Gasteiger partial charge in [-0.25, -0.2) is 0 Å². The summed E-state index contributed by atoms with van der Waals surface area (Å²) in [7, 11) is 0. The third-order valence-electron chi connectivity index (χ3n) is 5.46. The molecule has 2 amide bonds. The van der Waals surface area contributed by atoms with Gasteiger partial charge in [-0.1, -0.05) is 37.3 Å². The Balaban J connectivity index is 1.69. The molecule has 0 radical (unpaired) electrons. The summed E-state index contributed by atoms with van der Waals surface area (Å²) in [6, 6.07) is 14.2. The van der Waals surface area contributed by atoms with Crippen LogP contribution in [0.2, 0.25) is 0 Å². The second-order valence-electron chi connectivity index (χ2n) is 7.46. The van der Waals surface area contributed by atoms with Gasteiger partial charge in [-0.3, -0.25) is 24.6 Å². The molecule has 1 unspecified atom stereocenters. The lowest BCUT2D eigenvalue weighted by atomic mass is 10.1. The first-order chi connectivity index (χ1) is 14.9. The fourth-order valence-electron chi connectivity index (χ4n) is 3.62. The minimum Gasteiger partial charge on any atom is -0.342 e. The molecule has 4 rings (SSSR count). The first kappa shape index (κ1) is 20.9. The number of benzene rings is 2. The standard InChI is InChI=1S/C23H21N3O4S/c1-3-15(2)25-22(27)21(31-23(25)28)12-17-14-24(20-7-5-4-6-19(17)20)13-16-8-10-18(11-9-16)26(29)30/h4-12,14-15H,3,13H2,1-2H3/b21-12+. The number of nitro benzene ring substituents is 1. The molecule has 0 N–H and O–H groups in total. The number of non-ortho nitro benzene ring substituents is 1. The summed E-state index contributed by atoms with van der Waals surface area (Å²) in [6.07, 6.45) is 4.44. The summed E-state index contributed by atoms with van der Waals surface area (Å²) in [5, 5.41) is 11.6. The van der Waals surface area contributed by atoms with Gasteiger partial charge in [-0.05, 0) is 42.8 Å². The van der Waals surface area contributed by atoms with E-state index < -0.39 is 4.92 Å². The van der Waals surface area contributed by atoms with Gasteiger partial charge in [-0.2, -0.15) is 0 Å². The third-order valence-corrected chi connectivity index (χ3v) is 6.34. The Bertz CT molecular complexity index is 1210. The number of hydrogen-bond donors (Lipinski definition) is 0. The number of nitrogens with zero attached hydrogens (tertiary/aromatic N) is 3. The molecule has 0 saturated carbocycles. The van der Waals surface area contributed by atoms with Crippen LogP contribution in [0.25, 0.3) is 17.0 Å². The number of amides is 2. The van der Waals surface area contributed by atoms with Gasteiger partial charge in [0, 0.05) is 47.4 Å². The first-order valence-corrected chi connectivity index (χ1v) is 10.8. The van der Waals surface area contributed by atoms with Crippen molar-refractivity contribution < 1.29 is 14.5 Å².